The fourth-order valence-electron chi connectivity index (χ4n) is 2.92. The van der Waals surface area contributed by atoms with Crippen molar-refractivity contribution in [2.24, 2.45) is 0 Å². The van der Waals surface area contributed by atoms with Gasteiger partial charge in [0.15, 0.2) is 0 Å². The minimum atomic E-state index is -3.22. The van der Waals surface area contributed by atoms with Crippen molar-refractivity contribution in [3.8, 4) is 0 Å². The molecule has 1 N–H and O–H groups in total. The molecular weight excluding hydrogens is 262 g/mol. The monoisotopic (exact) mass is 289 g/mol. The quantitative estimate of drug-likeness (QED) is 0.827. The lowest BCUT2D eigenvalue weighted by molar-refractivity contribution is 0.303. The molecular formula is C13H27N3O2S. The molecule has 0 saturated carbocycles. The van der Waals surface area contributed by atoms with E-state index >= 15 is 0 Å². The summed E-state index contributed by atoms with van der Waals surface area (Å²) in [7, 11) is -1.51. The lowest BCUT2D eigenvalue weighted by Crippen LogP contribution is -2.46. The molecule has 0 aromatic carbocycles. The Morgan fingerprint density at radius 3 is 2.53 bits per heavy atom. The van der Waals surface area contributed by atoms with Crippen LogP contribution >= 0.6 is 0 Å². The molecule has 0 aromatic heterocycles. The average molecular weight is 289 g/mol. The van der Waals surface area contributed by atoms with E-state index in [4.69, 9.17) is 0 Å². The van der Waals surface area contributed by atoms with Crippen LogP contribution in [0.3, 0.4) is 0 Å². The van der Waals surface area contributed by atoms with Gasteiger partial charge >= 0.3 is 0 Å². The van der Waals surface area contributed by atoms with Crippen molar-refractivity contribution in [2.45, 2.75) is 51.0 Å². The highest BCUT2D eigenvalue weighted by Gasteiger charge is 2.28. The predicted molar refractivity (Wildman–Crippen MR) is 77.2 cm³/mol. The number of hydrogen-bond donors (Lipinski definition) is 1. The van der Waals surface area contributed by atoms with Gasteiger partial charge in [-0.15, -0.1) is 0 Å². The van der Waals surface area contributed by atoms with E-state index in [2.05, 4.69) is 5.32 Å². The van der Waals surface area contributed by atoms with Gasteiger partial charge in [-0.3, -0.25) is 0 Å². The van der Waals surface area contributed by atoms with Crippen LogP contribution in [0.15, 0.2) is 0 Å². The zero-order valence-electron chi connectivity index (χ0n) is 12.0. The molecule has 2 aliphatic rings. The number of hydrogen-bond acceptors (Lipinski definition) is 3. The number of rotatable bonds is 5. The Balaban J connectivity index is 1.81. The van der Waals surface area contributed by atoms with Crippen LogP contribution in [0.25, 0.3) is 0 Å². The van der Waals surface area contributed by atoms with Crippen LogP contribution in [0.4, 0.5) is 0 Å². The van der Waals surface area contributed by atoms with Gasteiger partial charge in [0.1, 0.15) is 0 Å². The van der Waals surface area contributed by atoms with Crippen LogP contribution in [0, 0.1) is 0 Å². The smallest absolute Gasteiger partial charge is 0.281 e. The molecule has 0 spiro atoms. The van der Waals surface area contributed by atoms with Gasteiger partial charge in [0.25, 0.3) is 10.2 Å². The van der Waals surface area contributed by atoms with Crippen molar-refractivity contribution < 1.29 is 8.42 Å². The summed E-state index contributed by atoms with van der Waals surface area (Å²) in [4.78, 5) is 0. The summed E-state index contributed by atoms with van der Waals surface area (Å²) in [6.07, 6.45) is 7.76. The second-order valence-electron chi connectivity index (χ2n) is 5.72. The molecule has 2 aliphatic heterocycles. The Labute approximate surface area is 117 Å². The van der Waals surface area contributed by atoms with E-state index in [1.807, 2.05) is 0 Å². The Morgan fingerprint density at radius 2 is 1.89 bits per heavy atom. The van der Waals surface area contributed by atoms with Crippen molar-refractivity contribution in [1.82, 2.24) is 13.9 Å². The summed E-state index contributed by atoms with van der Waals surface area (Å²) in [5.41, 5.74) is 0. The molecule has 6 heteroatoms. The van der Waals surface area contributed by atoms with Gasteiger partial charge in [-0.1, -0.05) is 12.8 Å². The maximum Gasteiger partial charge on any atom is 0.281 e. The van der Waals surface area contributed by atoms with Crippen LogP contribution < -0.4 is 5.32 Å². The summed E-state index contributed by atoms with van der Waals surface area (Å²) in [5, 5.41) is 3.47. The third kappa shape index (κ3) is 4.15. The molecule has 0 aliphatic carbocycles. The van der Waals surface area contributed by atoms with Crippen LogP contribution in [0.5, 0.6) is 0 Å². The zero-order chi connectivity index (χ0) is 13.7. The SMILES string of the molecule is CN(CCC1CCCCN1)S(=O)(=O)N1CCCCC1. The first-order chi connectivity index (χ1) is 9.10. The second-order valence-corrected chi connectivity index (χ2v) is 7.76. The zero-order valence-corrected chi connectivity index (χ0v) is 12.8. The van der Waals surface area contributed by atoms with Crippen molar-refractivity contribution in [2.75, 3.05) is 33.2 Å². The lowest BCUT2D eigenvalue weighted by atomic mass is 10.0. The lowest BCUT2D eigenvalue weighted by Gasteiger charge is -2.31. The Kier molecular flexibility index (Phi) is 5.62. The van der Waals surface area contributed by atoms with E-state index in [0.29, 0.717) is 25.7 Å². The molecule has 0 bridgehead atoms. The Hall–Kier alpha value is -0.170. The molecule has 2 saturated heterocycles. The standard InChI is InChI=1S/C13H27N3O2S/c1-15(12-8-13-7-3-4-9-14-13)19(17,18)16-10-5-2-6-11-16/h13-14H,2-12H2,1H3. The first-order valence-electron chi connectivity index (χ1n) is 7.55. The molecule has 1 unspecified atom stereocenters. The third-order valence-corrected chi connectivity index (χ3v) is 6.23. The van der Waals surface area contributed by atoms with Crippen molar-refractivity contribution in [3.05, 3.63) is 0 Å². The van der Waals surface area contributed by atoms with E-state index < -0.39 is 10.2 Å². The molecule has 5 nitrogen and oxygen atoms in total. The number of nitrogens with zero attached hydrogens (tertiary/aromatic N) is 2. The second kappa shape index (κ2) is 7.02. The molecule has 2 heterocycles. The first kappa shape index (κ1) is 15.2. The highest BCUT2D eigenvalue weighted by molar-refractivity contribution is 7.86. The minimum absolute atomic E-state index is 0.493. The molecule has 0 aromatic rings. The van der Waals surface area contributed by atoms with Gasteiger partial charge in [0.2, 0.25) is 0 Å². The fraction of sp³-hybridized carbons (Fsp3) is 1.00. The molecule has 2 rings (SSSR count). The van der Waals surface area contributed by atoms with Crippen molar-refractivity contribution in [3.63, 3.8) is 0 Å². The van der Waals surface area contributed by atoms with Crippen LogP contribution in [-0.2, 0) is 10.2 Å². The summed E-state index contributed by atoms with van der Waals surface area (Å²) in [6, 6.07) is 0.493. The Bertz CT molecular complexity index is 360. The molecule has 0 radical (unpaired) electrons. The van der Waals surface area contributed by atoms with Crippen molar-refractivity contribution >= 4 is 10.2 Å². The van der Waals surface area contributed by atoms with E-state index in [-0.39, 0.29) is 0 Å². The third-order valence-electron chi connectivity index (χ3n) is 4.24. The van der Waals surface area contributed by atoms with Crippen LogP contribution in [0.1, 0.15) is 44.9 Å². The minimum Gasteiger partial charge on any atom is -0.314 e. The van der Waals surface area contributed by atoms with Gasteiger partial charge in [0, 0.05) is 32.7 Å². The molecule has 1 atom stereocenters. The number of piperidine rings is 2. The normalized spacial score (nSPS) is 26.7. The maximum absolute atomic E-state index is 12.4. The first-order valence-corrected chi connectivity index (χ1v) is 8.95. The summed E-state index contributed by atoms with van der Waals surface area (Å²) >= 11 is 0. The van der Waals surface area contributed by atoms with Gasteiger partial charge in [0.05, 0.1) is 0 Å². The van der Waals surface area contributed by atoms with Gasteiger partial charge in [-0.05, 0) is 38.6 Å². The van der Waals surface area contributed by atoms with Gasteiger partial charge < -0.3 is 5.32 Å². The summed E-state index contributed by atoms with van der Waals surface area (Å²) in [5.74, 6) is 0. The highest BCUT2D eigenvalue weighted by Crippen LogP contribution is 2.17. The highest BCUT2D eigenvalue weighted by atomic mass is 32.2. The molecule has 2 fully saturated rings. The van der Waals surface area contributed by atoms with E-state index in [1.165, 1.54) is 23.6 Å². The molecule has 0 amide bonds. The van der Waals surface area contributed by atoms with Crippen LogP contribution in [-0.4, -0.2) is 56.3 Å². The summed E-state index contributed by atoms with van der Waals surface area (Å²) in [6.45, 7) is 3.08. The van der Waals surface area contributed by atoms with Gasteiger partial charge in [-0.25, -0.2) is 0 Å². The van der Waals surface area contributed by atoms with Crippen LogP contribution in [0.2, 0.25) is 0 Å². The number of nitrogens with one attached hydrogen (secondary N) is 1. The largest absolute Gasteiger partial charge is 0.314 e. The molecule has 19 heavy (non-hydrogen) atoms. The topological polar surface area (TPSA) is 52.7 Å². The fourth-order valence-corrected chi connectivity index (χ4v) is 4.37. The average Bonchev–Trinajstić information content (AvgIpc) is 2.46. The Morgan fingerprint density at radius 1 is 1.16 bits per heavy atom. The maximum atomic E-state index is 12.4. The molecule has 112 valence electrons. The van der Waals surface area contributed by atoms with E-state index in [9.17, 15) is 8.42 Å². The van der Waals surface area contributed by atoms with Crippen molar-refractivity contribution in [1.29, 1.82) is 0 Å². The summed E-state index contributed by atoms with van der Waals surface area (Å²) < 4.78 is 28.0. The van der Waals surface area contributed by atoms with E-state index in [0.717, 1.165) is 32.2 Å². The van der Waals surface area contributed by atoms with E-state index in [1.54, 1.807) is 11.4 Å². The van der Waals surface area contributed by atoms with Gasteiger partial charge in [-0.2, -0.15) is 17.0 Å². The predicted octanol–water partition coefficient (Wildman–Crippen LogP) is 1.18.